The highest BCUT2D eigenvalue weighted by molar-refractivity contribution is 7.88. The number of carbonyl (C=O) groups is 1. The van der Waals surface area contributed by atoms with E-state index in [0.29, 0.717) is 22.8 Å². The summed E-state index contributed by atoms with van der Waals surface area (Å²) in [5, 5.41) is 3.94. The van der Waals surface area contributed by atoms with Gasteiger partial charge in [-0.05, 0) is 55.0 Å². The van der Waals surface area contributed by atoms with Gasteiger partial charge in [0.05, 0.1) is 11.3 Å². The highest BCUT2D eigenvalue weighted by Crippen LogP contribution is 2.26. The van der Waals surface area contributed by atoms with Gasteiger partial charge in [-0.25, -0.2) is 14.2 Å². The van der Waals surface area contributed by atoms with Crippen molar-refractivity contribution < 1.29 is 9.00 Å². The van der Waals surface area contributed by atoms with Gasteiger partial charge in [0.2, 0.25) is 0 Å². The minimum absolute atomic E-state index is 0.203. The molecule has 1 amide bonds. The Hall–Kier alpha value is -3.58. The topological polar surface area (TPSA) is 75.2 Å². The lowest BCUT2D eigenvalue weighted by molar-refractivity contribution is 0.102. The number of para-hydroxylation sites is 1. The van der Waals surface area contributed by atoms with Gasteiger partial charge in [0.1, 0.15) is 11.0 Å². The summed E-state index contributed by atoms with van der Waals surface area (Å²) >= 11 is 0. The molecule has 2 heterocycles. The minimum atomic E-state index is -0.941. The van der Waals surface area contributed by atoms with Crippen molar-refractivity contribution in [2.75, 3.05) is 21.9 Å². The normalized spacial score (nSPS) is 15.5. The monoisotopic (exact) mass is 428 g/mol. The van der Waals surface area contributed by atoms with E-state index in [-0.39, 0.29) is 5.91 Å². The lowest BCUT2D eigenvalue weighted by atomic mass is 10.1. The largest absolute Gasteiger partial charge is 0.322 e. The number of anilines is 2. The van der Waals surface area contributed by atoms with Gasteiger partial charge in [-0.2, -0.15) is 0 Å². The quantitative estimate of drug-likeness (QED) is 0.525. The molecule has 1 aliphatic rings. The zero-order valence-electron chi connectivity index (χ0n) is 16.9. The lowest BCUT2D eigenvalue weighted by Crippen LogP contribution is -2.42. The molecule has 1 fully saturated rings. The van der Waals surface area contributed by atoms with Gasteiger partial charge in [0, 0.05) is 40.6 Å². The summed E-state index contributed by atoms with van der Waals surface area (Å²) < 4.78 is 13.5. The smallest absolute Gasteiger partial charge is 0.255 e. The Balaban J connectivity index is 1.38. The van der Waals surface area contributed by atoms with Crippen molar-refractivity contribution in [3.63, 3.8) is 0 Å². The zero-order chi connectivity index (χ0) is 21.4. The molecule has 6 nitrogen and oxygen atoms in total. The van der Waals surface area contributed by atoms with Crippen LogP contribution in [-0.4, -0.2) is 32.4 Å². The molecular formula is C24H20N4O2S. The van der Waals surface area contributed by atoms with E-state index < -0.39 is 11.0 Å². The lowest BCUT2D eigenvalue weighted by Gasteiger charge is -2.31. The molecule has 31 heavy (non-hydrogen) atoms. The number of aromatic nitrogens is 2. The summed E-state index contributed by atoms with van der Waals surface area (Å²) in [6, 6.07) is 20.7. The van der Waals surface area contributed by atoms with Crippen molar-refractivity contribution in [1.29, 1.82) is 0 Å². The number of rotatable bonds is 4. The van der Waals surface area contributed by atoms with Crippen LogP contribution in [-0.2, 0) is 11.0 Å². The molecule has 3 aromatic carbocycles. The highest BCUT2D eigenvalue weighted by atomic mass is 32.2. The van der Waals surface area contributed by atoms with Crippen LogP contribution in [0.3, 0.4) is 0 Å². The van der Waals surface area contributed by atoms with Gasteiger partial charge < -0.3 is 5.32 Å². The number of nitrogens with one attached hydrogen (secondary N) is 1. The van der Waals surface area contributed by atoms with E-state index in [1.165, 1.54) is 0 Å². The molecule has 0 saturated carbocycles. The summed E-state index contributed by atoms with van der Waals surface area (Å²) in [5.74, 6) is 1.11. The molecule has 1 N–H and O–H groups in total. The maximum atomic E-state index is 12.7. The fourth-order valence-corrected chi connectivity index (χ4v) is 4.40. The maximum absolute atomic E-state index is 12.7. The van der Waals surface area contributed by atoms with Crippen LogP contribution in [0.25, 0.3) is 22.3 Å². The number of amides is 1. The Morgan fingerprint density at radius 2 is 1.87 bits per heavy atom. The van der Waals surface area contributed by atoms with Gasteiger partial charge in [0.25, 0.3) is 5.91 Å². The van der Waals surface area contributed by atoms with Crippen LogP contribution in [0.2, 0.25) is 0 Å². The maximum Gasteiger partial charge on any atom is 0.255 e. The van der Waals surface area contributed by atoms with E-state index in [1.807, 2.05) is 72.0 Å². The van der Waals surface area contributed by atoms with E-state index in [9.17, 15) is 9.00 Å². The number of nitrogens with zero attached hydrogens (tertiary/aromatic N) is 3. The van der Waals surface area contributed by atoms with Crippen molar-refractivity contribution in [1.82, 2.24) is 9.97 Å². The molecule has 1 aromatic heterocycles. The third kappa shape index (κ3) is 3.80. The minimum Gasteiger partial charge on any atom is -0.322 e. The fraction of sp³-hybridized carbons (Fsp3) is 0.125. The van der Waals surface area contributed by atoms with Crippen molar-refractivity contribution in [3.8, 4) is 11.4 Å². The Morgan fingerprint density at radius 1 is 1.06 bits per heavy atom. The van der Waals surface area contributed by atoms with E-state index in [4.69, 9.17) is 0 Å². The summed E-state index contributed by atoms with van der Waals surface area (Å²) in [7, 11) is -0.941. The van der Waals surface area contributed by atoms with E-state index in [1.54, 1.807) is 12.1 Å². The first-order valence-electron chi connectivity index (χ1n) is 9.99. The van der Waals surface area contributed by atoms with Crippen LogP contribution >= 0.6 is 0 Å². The molecule has 4 aromatic rings. The predicted molar refractivity (Wildman–Crippen MR) is 124 cm³/mol. The molecule has 1 unspecified atom stereocenters. The van der Waals surface area contributed by atoms with Crippen LogP contribution in [0, 0.1) is 6.92 Å². The van der Waals surface area contributed by atoms with Crippen LogP contribution in [0.5, 0.6) is 0 Å². The van der Waals surface area contributed by atoms with E-state index in [2.05, 4.69) is 15.3 Å². The molecule has 0 radical (unpaired) electrons. The number of hydrogen-bond acceptors (Lipinski definition) is 4. The van der Waals surface area contributed by atoms with Crippen molar-refractivity contribution in [3.05, 3.63) is 84.1 Å². The number of aryl methyl sites for hydroxylation is 1. The average molecular weight is 429 g/mol. The number of hydrogen-bond donors (Lipinski definition) is 1. The first-order chi connectivity index (χ1) is 15.1. The van der Waals surface area contributed by atoms with E-state index >= 15 is 0 Å². The molecular weight excluding hydrogens is 408 g/mol. The molecule has 154 valence electrons. The second kappa shape index (κ2) is 7.92. The zero-order valence-corrected chi connectivity index (χ0v) is 17.7. The van der Waals surface area contributed by atoms with Crippen molar-refractivity contribution >= 4 is 39.2 Å². The van der Waals surface area contributed by atoms with E-state index in [0.717, 1.165) is 34.3 Å². The second-order valence-electron chi connectivity index (χ2n) is 7.41. The van der Waals surface area contributed by atoms with Crippen LogP contribution < -0.4 is 9.62 Å². The van der Waals surface area contributed by atoms with Crippen LogP contribution in [0.4, 0.5) is 11.4 Å². The Kier molecular flexibility index (Phi) is 4.95. The first kappa shape index (κ1) is 19.4. The fourth-order valence-electron chi connectivity index (χ4n) is 3.53. The van der Waals surface area contributed by atoms with Gasteiger partial charge >= 0.3 is 0 Å². The summed E-state index contributed by atoms with van der Waals surface area (Å²) in [4.78, 5) is 21.9. The van der Waals surface area contributed by atoms with Crippen molar-refractivity contribution in [2.45, 2.75) is 6.92 Å². The standard InChI is InChI=1S/C24H20N4O2S/c1-16-6-9-19(14-21(16)23-25-15-18-4-2-3-5-22(18)27-23)26-24(29)17-7-10-20(11-8-17)28-12-13-31(28)30/h2-11,14-15H,12-13H2,1H3,(H,26,29). The number of benzene rings is 3. The molecule has 0 spiro atoms. The second-order valence-corrected chi connectivity index (χ2v) is 8.90. The SMILES string of the molecule is Cc1ccc(NC(=O)c2ccc(N3CCS3=O)cc2)cc1-c1ncc2ccccc2n1. The molecule has 5 rings (SSSR count). The molecule has 0 bridgehead atoms. The molecule has 0 aliphatic carbocycles. The Labute approximate surface area is 182 Å². The Bertz CT molecular complexity index is 1320. The van der Waals surface area contributed by atoms with Crippen LogP contribution in [0.1, 0.15) is 15.9 Å². The predicted octanol–water partition coefficient (Wildman–Crippen LogP) is 4.34. The van der Waals surface area contributed by atoms with Gasteiger partial charge in [-0.1, -0.05) is 24.3 Å². The first-order valence-corrected chi connectivity index (χ1v) is 11.3. The molecule has 1 aliphatic heterocycles. The summed E-state index contributed by atoms with van der Waals surface area (Å²) in [6.45, 7) is 2.78. The summed E-state index contributed by atoms with van der Waals surface area (Å²) in [6.07, 6.45) is 1.81. The van der Waals surface area contributed by atoms with Crippen LogP contribution in [0.15, 0.2) is 72.9 Å². The van der Waals surface area contributed by atoms with Gasteiger partial charge in [-0.3, -0.25) is 9.10 Å². The van der Waals surface area contributed by atoms with Gasteiger partial charge in [0.15, 0.2) is 5.82 Å². The Morgan fingerprint density at radius 3 is 2.61 bits per heavy atom. The van der Waals surface area contributed by atoms with Crippen molar-refractivity contribution in [2.24, 2.45) is 0 Å². The summed E-state index contributed by atoms with van der Waals surface area (Å²) in [5.41, 5.74) is 4.87. The molecule has 1 saturated heterocycles. The third-order valence-electron chi connectivity index (χ3n) is 5.36. The molecule has 1 atom stereocenters. The third-order valence-corrected chi connectivity index (χ3v) is 6.77. The highest BCUT2D eigenvalue weighted by Gasteiger charge is 2.23. The average Bonchev–Trinajstić information content (AvgIpc) is 2.79. The molecule has 7 heteroatoms. The number of fused-ring (bicyclic) bond motifs is 1. The number of carbonyl (C=O) groups excluding carboxylic acids is 1. The van der Waals surface area contributed by atoms with Gasteiger partial charge in [-0.15, -0.1) is 0 Å².